The van der Waals surface area contributed by atoms with Gasteiger partial charge in [0.1, 0.15) is 6.54 Å². The highest BCUT2D eigenvalue weighted by atomic mass is 127. The van der Waals surface area contributed by atoms with E-state index in [0.29, 0.717) is 0 Å². The van der Waals surface area contributed by atoms with Gasteiger partial charge in [0.15, 0.2) is 5.54 Å². The summed E-state index contributed by atoms with van der Waals surface area (Å²) < 4.78 is 1.78. The van der Waals surface area contributed by atoms with Crippen LogP contribution in [-0.2, 0) is 0 Å². The summed E-state index contributed by atoms with van der Waals surface area (Å²) in [4.78, 5) is 0. The van der Waals surface area contributed by atoms with E-state index in [0.717, 1.165) is 15.5 Å². The Hall–Kier alpha value is 0.940. The molecule has 98 valence electrons. The van der Waals surface area contributed by atoms with Crippen LogP contribution >= 0.6 is 0 Å². The van der Waals surface area contributed by atoms with E-state index in [-0.39, 0.29) is 53.5 Å². The fourth-order valence-corrected chi connectivity index (χ4v) is 0.661. The van der Waals surface area contributed by atoms with Gasteiger partial charge in [0.2, 0.25) is 0 Å². The zero-order valence-corrected chi connectivity index (χ0v) is 16.2. The lowest BCUT2D eigenvalue weighted by molar-refractivity contribution is -0.909. The van der Waals surface area contributed by atoms with E-state index in [4.69, 9.17) is 0 Å². The molecule has 0 aromatic rings. The smallest absolute Gasteiger partial charge is 0.154 e. The lowest BCUT2D eigenvalue weighted by Gasteiger charge is -2.37. The minimum Gasteiger partial charge on any atom is -1.00 e. The lowest BCUT2D eigenvalue weighted by atomic mass is 10.0. The molecule has 0 aliphatic heterocycles. The van der Waals surface area contributed by atoms with E-state index in [2.05, 4.69) is 68.0 Å². The maximum Gasteiger partial charge on any atom is 0.154 e. The molecule has 0 atom stereocenters. The third kappa shape index (κ3) is 9.02. The van der Waals surface area contributed by atoms with Crippen molar-refractivity contribution in [1.29, 1.82) is 0 Å². The largest absolute Gasteiger partial charge is 1.00 e. The second-order valence-electron chi connectivity index (χ2n) is 6.32. The Balaban J connectivity index is -0.000000845. The molecule has 0 radical (unpaired) electrons. The zero-order chi connectivity index (χ0) is 11.6. The summed E-state index contributed by atoms with van der Waals surface area (Å²) in [7, 11) is 13.0. The number of hydrogen-bond acceptors (Lipinski definition) is 0. The zero-order valence-electron chi connectivity index (χ0n) is 11.9. The molecule has 0 aliphatic carbocycles. The molecular formula is C12H26I2N2. The van der Waals surface area contributed by atoms with Crippen LogP contribution in [0.5, 0.6) is 0 Å². The van der Waals surface area contributed by atoms with E-state index in [1.165, 1.54) is 0 Å². The fraction of sp³-hybridized carbons (Fsp3) is 0.833. The average molecular weight is 452 g/mol. The first-order valence-corrected chi connectivity index (χ1v) is 5.08. The van der Waals surface area contributed by atoms with Gasteiger partial charge in [-0.3, -0.25) is 0 Å². The van der Waals surface area contributed by atoms with Gasteiger partial charge in [-0.1, -0.05) is 0 Å². The number of nitrogens with zero attached hydrogens (tertiary/aromatic N) is 2. The molecule has 0 aromatic carbocycles. The van der Waals surface area contributed by atoms with Crippen LogP contribution in [0.25, 0.3) is 0 Å². The van der Waals surface area contributed by atoms with Gasteiger partial charge >= 0.3 is 0 Å². The molecule has 0 unspecified atom stereocenters. The topological polar surface area (TPSA) is 0 Å². The molecule has 2 nitrogen and oxygen atoms in total. The van der Waals surface area contributed by atoms with Crippen molar-refractivity contribution in [3.8, 4) is 11.8 Å². The molecule has 0 aromatic heterocycles. The molecule has 16 heavy (non-hydrogen) atoms. The van der Waals surface area contributed by atoms with Gasteiger partial charge in [0.05, 0.1) is 42.3 Å². The highest BCUT2D eigenvalue weighted by Crippen LogP contribution is 2.15. The minimum atomic E-state index is 0. The monoisotopic (exact) mass is 452 g/mol. The van der Waals surface area contributed by atoms with E-state index in [1.54, 1.807) is 0 Å². The van der Waals surface area contributed by atoms with Crippen molar-refractivity contribution < 1.29 is 56.9 Å². The van der Waals surface area contributed by atoms with Gasteiger partial charge in [-0.2, -0.15) is 0 Å². The van der Waals surface area contributed by atoms with E-state index in [1.807, 2.05) is 0 Å². The van der Waals surface area contributed by atoms with Crippen LogP contribution in [0.4, 0.5) is 0 Å². The SMILES string of the molecule is CC(C)(C#CC[N+](C)(C)C)[N+](C)(C)C.[I-].[I-]. The highest BCUT2D eigenvalue weighted by molar-refractivity contribution is 5.11. The average Bonchev–Trinajstić information content (AvgIpc) is 1.80. The van der Waals surface area contributed by atoms with E-state index >= 15 is 0 Å². The molecule has 0 N–H and O–H groups in total. The summed E-state index contributed by atoms with van der Waals surface area (Å²) in [6, 6.07) is 0. The van der Waals surface area contributed by atoms with Crippen molar-refractivity contribution in [2.45, 2.75) is 19.4 Å². The van der Waals surface area contributed by atoms with Crippen molar-refractivity contribution in [2.75, 3.05) is 48.8 Å². The summed E-state index contributed by atoms with van der Waals surface area (Å²) >= 11 is 0. The first kappa shape index (κ1) is 22.1. The lowest BCUT2D eigenvalue weighted by Crippen LogP contribution is -3.00. The second kappa shape index (κ2) is 7.39. The molecule has 0 bridgehead atoms. The van der Waals surface area contributed by atoms with Gasteiger partial charge in [-0.05, 0) is 11.8 Å². The maximum absolute atomic E-state index is 3.36. The van der Waals surface area contributed by atoms with Gasteiger partial charge in [0, 0.05) is 13.8 Å². The number of rotatable bonds is 2. The first-order valence-electron chi connectivity index (χ1n) is 5.08. The Morgan fingerprint density at radius 2 is 1.25 bits per heavy atom. The van der Waals surface area contributed by atoms with Crippen LogP contribution in [0.2, 0.25) is 0 Å². The van der Waals surface area contributed by atoms with Crippen molar-refractivity contribution in [2.24, 2.45) is 0 Å². The van der Waals surface area contributed by atoms with Crippen LogP contribution in [-0.4, -0.2) is 63.3 Å². The molecule has 0 saturated heterocycles. The summed E-state index contributed by atoms with van der Waals surface area (Å²) in [6.45, 7) is 5.29. The van der Waals surface area contributed by atoms with Gasteiger partial charge in [0.25, 0.3) is 0 Å². The van der Waals surface area contributed by atoms with Gasteiger partial charge in [-0.25, -0.2) is 0 Å². The molecule has 4 heteroatoms. The summed E-state index contributed by atoms with van der Waals surface area (Å²) in [5.41, 5.74) is 0.0230. The third-order valence-electron chi connectivity index (χ3n) is 2.62. The normalized spacial score (nSPS) is 11.8. The van der Waals surface area contributed by atoms with E-state index < -0.39 is 0 Å². The minimum absolute atomic E-state index is 0. The van der Waals surface area contributed by atoms with Crippen molar-refractivity contribution in [1.82, 2.24) is 0 Å². The fourth-order valence-electron chi connectivity index (χ4n) is 0.661. The second-order valence-corrected chi connectivity index (χ2v) is 6.32. The Bertz CT molecular complexity index is 249. The standard InChI is InChI=1S/C12H26N2.2HI/c1-12(2,14(6,7)8)10-9-11-13(3,4)5;;/h11H2,1-8H3;2*1H/q+2;;/p-2. The Labute approximate surface area is 136 Å². The van der Waals surface area contributed by atoms with Crippen LogP contribution in [0, 0.1) is 11.8 Å². The predicted octanol–water partition coefficient (Wildman–Crippen LogP) is -4.81. The van der Waals surface area contributed by atoms with Crippen LogP contribution in [0.15, 0.2) is 0 Å². The Kier molecular flexibility index (Phi) is 10.2. The van der Waals surface area contributed by atoms with Crippen molar-refractivity contribution >= 4 is 0 Å². The third-order valence-corrected chi connectivity index (χ3v) is 2.62. The Morgan fingerprint density at radius 3 is 1.50 bits per heavy atom. The molecule has 0 amide bonds. The van der Waals surface area contributed by atoms with Crippen LogP contribution < -0.4 is 48.0 Å². The molecule has 0 aliphatic rings. The predicted molar refractivity (Wildman–Crippen MR) is 62.8 cm³/mol. The molecule has 0 rings (SSSR count). The Morgan fingerprint density at radius 1 is 0.875 bits per heavy atom. The quantitative estimate of drug-likeness (QED) is 0.224. The summed E-state index contributed by atoms with van der Waals surface area (Å²) in [5.74, 6) is 6.64. The first-order chi connectivity index (χ1) is 5.96. The molecular weight excluding hydrogens is 426 g/mol. The van der Waals surface area contributed by atoms with Crippen molar-refractivity contribution in [3.05, 3.63) is 0 Å². The van der Waals surface area contributed by atoms with E-state index in [9.17, 15) is 0 Å². The van der Waals surface area contributed by atoms with Gasteiger partial charge < -0.3 is 56.9 Å². The van der Waals surface area contributed by atoms with Gasteiger partial charge in [-0.15, -0.1) is 0 Å². The summed E-state index contributed by atoms with van der Waals surface area (Å²) in [5, 5.41) is 0. The molecule has 0 spiro atoms. The molecule has 0 fully saturated rings. The maximum atomic E-state index is 3.36. The van der Waals surface area contributed by atoms with Crippen LogP contribution in [0.3, 0.4) is 0 Å². The summed E-state index contributed by atoms with van der Waals surface area (Å²) in [6.07, 6.45) is 0. The number of quaternary nitrogens is 2. The number of halogens is 2. The number of hydrogen-bond donors (Lipinski definition) is 0. The highest BCUT2D eigenvalue weighted by Gasteiger charge is 2.30. The van der Waals surface area contributed by atoms with Crippen molar-refractivity contribution in [3.63, 3.8) is 0 Å². The van der Waals surface area contributed by atoms with Crippen LogP contribution in [0.1, 0.15) is 13.8 Å². The molecule has 0 saturated carbocycles. The molecule has 0 heterocycles.